The lowest BCUT2D eigenvalue weighted by Crippen LogP contribution is -2.11. The number of hydrogen-bond donors (Lipinski definition) is 1. The number of benzene rings is 1. The van der Waals surface area contributed by atoms with Gasteiger partial charge < -0.3 is 5.32 Å². The van der Waals surface area contributed by atoms with Crippen molar-refractivity contribution in [1.82, 2.24) is 9.78 Å². The second-order valence-electron chi connectivity index (χ2n) is 3.93. The first-order valence-corrected chi connectivity index (χ1v) is 5.92. The molecular weight excluding hydrogens is 279 g/mol. The molecule has 0 fully saturated rings. The largest absolute Gasteiger partial charge is 0.419 e. The Kier molecular flexibility index (Phi) is 3.99. The Morgan fingerprint density at radius 3 is 2.74 bits per heavy atom. The third kappa shape index (κ3) is 3.89. The van der Waals surface area contributed by atoms with E-state index in [0.717, 1.165) is 18.1 Å². The molecule has 1 aromatic heterocycles. The number of aromatic nitrogens is 2. The van der Waals surface area contributed by atoms with Crippen molar-refractivity contribution in [2.75, 3.05) is 11.9 Å². The molecule has 19 heavy (non-hydrogen) atoms. The minimum atomic E-state index is -4.35. The van der Waals surface area contributed by atoms with Gasteiger partial charge in [-0.15, -0.1) is 0 Å². The summed E-state index contributed by atoms with van der Waals surface area (Å²) in [7, 11) is 0. The Labute approximate surface area is 113 Å². The van der Waals surface area contributed by atoms with Crippen molar-refractivity contribution in [3.63, 3.8) is 0 Å². The molecule has 0 saturated heterocycles. The number of nitrogens with one attached hydrogen (secondary N) is 1. The van der Waals surface area contributed by atoms with Crippen LogP contribution in [-0.2, 0) is 12.7 Å². The Bertz CT molecular complexity index is 551. The van der Waals surface area contributed by atoms with Crippen LogP contribution in [0, 0.1) is 0 Å². The molecule has 0 aliphatic carbocycles. The third-order valence-electron chi connectivity index (χ3n) is 2.46. The molecule has 0 spiro atoms. The first kappa shape index (κ1) is 13.7. The van der Waals surface area contributed by atoms with E-state index in [9.17, 15) is 13.2 Å². The maximum Gasteiger partial charge on any atom is 0.419 e. The van der Waals surface area contributed by atoms with Gasteiger partial charge in [-0.25, -0.2) is 0 Å². The molecule has 0 aliphatic heterocycles. The van der Waals surface area contributed by atoms with Gasteiger partial charge in [-0.1, -0.05) is 17.7 Å². The van der Waals surface area contributed by atoms with E-state index in [-0.39, 0.29) is 0 Å². The fourth-order valence-electron chi connectivity index (χ4n) is 1.55. The highest BCUT2D eigenvalue weighted by molar-refractivity contribution is 6.30. The molecule has 0 bridgehead atoms. The summed E-state index contributed by atoms with van der Waals surface area (Å²) >= 11 is 5.81. The predicted molar refractivity (Wildman–Crippen MR) is 67.2 cm³/mol. The van der Waals surface area contributed by atoms with Crippen molar-refractivity contribution in [2.45, 2.75) is 12.7 Å². The van der Waals surface area contributed by atoms with Gasteiger partial charge in [0.15, 0.2) is 0 Å². The summed E-state index contributed by atoms with van der Waals surface area (Å²) in [5, 5.41) is 7.32. The Balaban J connectivity index is 1.88. The van der Waals surface area contributed by atoms with Crippen LogP contribution in [-0.4, -0.2) is 16.3 Å². The van der Waals surface area contributed by atoms with Crippen LogP contribution in [0.25, 0.3) is 0 Å². The molecule has 0 radical (unpaired) electrons. The van der Waals surface area contributed by atoms with E-state index in [4.69, 9.17) is 11.6 Å². The van der Waals surface area contributed by atoms with Crippen LogP contribution in [0.5, 0.6) is 0 Å². The van der Waals surface area contributed by atoms with Crippen LogP contribution in [0.2, 0.25) is 5.02 Å². The highest BCUT2D eigenvalue weighted by Crippen LogP contribution is 2.28. The van der Waals surface area contributed by atoms with Crippen LogP contribution in [0.15, 0.2) is 36.7 Å². The quantitative estimate of drug-likeness (QED) is 0.931. The highest BCUT2D eigenvalue weighted by atomic mass is 35.5. The average Bonchev–Trinajstić information content (AvgIpc) is 2.77. The molecule has 0 aliphatic rings. The Morgan fingerprint density at radius 1 is 1.32 bits per heavy atom. The number of hydrogen-bond acceptors (Lipinski definition) is 2. The second kappa shape index (κ2) is 5.52. The van der Waals surface area contributed by atoms with Gasteiger partial charge in [-0.05, 0) is 18.2 Å². The monoisotopic (exact) mass is 289 g/mol. The van der Waals surface area contributed by atoms with E-state index in [1.165, 1.54) is 4.68 Å². The van der Waals surface area contributed by atoms with E-state index in [1.807, 2.05) is 6.07 Å². The van der Waals surface area contributed by atoms with Gasteiger partial charge in [-0.2, -0.15) is 18.3 Å². The zero-order valence-corrected chi connectivity index (χ0v) is 10.5. The Morgan fingerprint density at radius 2 is 2.11 bits per heavy atom. The molecule has 2 rings (SSSR count). The zero-order chi connectivity index (χ0) is 13.9. The molecule has 3 nitrogen and oxygen atoms in total. The van der Waals surface area contributed by atoms with Crippen molar-refractivity contribution >= 4 is 17.3 Å². The summed E-state index contributed by atoms with van der Waals surface area (Å²) in [5.41, 5.74) is 0.0750. The van der Waals surface area contributed by atoms with Crippen LogP contribution < -0.4 is 5.32 Å². The second-order valence-corrected chi connectivity index (χ2v) is 4.36. The van der Waals surface area contributed by atoms with Crippen molar-refractivity contribution in [2.24, 2.45) is 0 Å². The number of anilines is 1. The van der Waals surface area contributed by atoms with Crippen molar-refractivity contribution < 1.29 is 13.2 Å². The number of halogens is 4. The lowest BCUT2D eigenvalue weighted by molar-refractivity contribution is -0.137. The highest BCUT2D eigenvalue weighted by Gasteiger charge is 2.32. The van der Waals surface area contributed by atoms with Crippen molar-refractivity contribution in [3.8, 4) is 0 Å². The molecule has 1 aromatic carbocycles. The van der Waals surface area contributed by atoms with Gasteiger partial charge in [0.05, 0.1) is 18.3 Å². The molecule has 0 atom stereocenters. The normalized spacial score (nSPS) is 11.6. The van der Waals surface area contributed by atoms with Crippen molar-refractivity contribution in [3.05, 3.63) is 47.2 Å². The predicted octanol–water partition coefficient (Wildman–Crippen LogP) is 3.67. The third-order valence-corrected chi connectivity index (χ3v) is 2.69. The summed E-state index contributed by atoms with van der Waals surface area (Å²) in [6, 6.07) is 7.11. The summed E-state index contributed by atoms with van der Waals surface area (Å²) in [6.07, 6.45) is -2.54. The molecule has 1 heterocycles. The summed E-state index contributed by atoms with van der Waals surface area (Å²) < 4.78 is 38.3. The van der Waals surface area contributed by atoms with Crippen LogP contribution >= 0.6 is 11.6 Å². The first-order valence-electron chi connectivity index (χ1n) is 5.54. The lowest BCUT2D eigenvalue weighted by Gasteiger charge is -2.06. The Hall–Kier alpha value is -1.69. The molecule has 0 saturated carbocycles. The van der Waals surface area contributed by atoms with Gasteiger partial charge in [0.25, 0.3) is 0 Å². The van der Waals surface area contributed by atoms with E-state index in [0.29, 0.717) is 18.1 Å². The summed E-state index contributed by atoms with van der Waals surface area (Å²) in [5.74, 6) is 0. The van der Waals surface area contributed by atoms with Crippen LogP contribution in [0.4, 0.5) is 18.9 Å². The maximum atomic E-state index is 12.3. The molecule has 0 amide bonds. The fourth-order valence-corrected chi connectivity index (χ4v) is 1.74. The average molecular weight is 290 g/mol. The van der Waals surface area contributed by atoms with Gasteiger partial charge in [0.2, 0.25) is 0 Å². The molecular formula is C12H11ClF3N3. The molecule has 7 heteroatoms. The molecule has 2 aromatic rings. The first-order chi connectivity index (χ1) is 8.95. The molecule has 102 valence electrons. The standard InChI is InChI=1S/C12H11ClF3N3/c13-10-2-1-3-11(6-10)17-4-5-19-8-9(7-18-19)12(14,15)16/h1-3,6-8,17H,4-5H2. The van der Waals surface area contributed by atoms with Gasteiger partial charge in [-0.3, -0.25) is 4.68 Å². The smallest absolute Gasteiger partial charge is 0.383 e. The lowest BCUT2D eigenvalue weighted by atomic mass is 10.3. The van der Waals surface area contributed by atoms with Crippen LogP contribution in [0.1, 0.15) is 5.56 Å². The number of alkyl halides is 3. The maximum absolute atomic E-state index is 12.3. The number of rotatable bonds is 4. The van der Waals surface area contributed by atoms with Gasteiger partial charge in [0, 0.05) is 23.5 Å². The van der Waals surface area contributed by atoms with Gasteiger partial charge >= 0.3 is 6.18 Å². The van der Waals surface area contributed by atoms with Gasteiger partial charge in [0.1, 0.15) is 0 Å². The molecule has 1 N–H and O–H groups in total. The van der Waals surface area contributed by atoms with E-state index in [2.05, 4.69) is 10.4 Å². The van der Waals surface area contributed by atoms with Crippen molar-refractivity contribution in [1.29, 1.82) is 0 Å². The van der Waals surface area contributed by atoms with E-state index in [1.54, 1.807) is 18.2 Å². The van der Waals surface area contributed by atoms with E-state index < -0.39 is 11.7 Å². The summed E-state index contributed by atoms with van der Waals surface area (Å²) in [6.45, 7) is 0.794. The van der Waals surface area contributed by atoms with Crippen LogP contribution in [0.3, 0.4) is 0 Å². The van der Waals surface area contributed by atoms with E-state index >= 15 is 0 Å². The zero-order valence-electron chi connectivity index (χ0n) is 9.78. The minimum absolute atomic E-state index is 0.336. The number of nitrogens with zero attached hydrogens (tertiary/aromatic N) is 2. The minimum Gasteiger partial charge on any atom is -0.383 e. The topological polar surface area (TPSA) is 29.9 Å². The SMILES string of the molecule is FC(F)(F)c1cnn(CCNc2cccc(Cl)c2)c1. The summed E-state index contributed by atoms with van der Waals surface area (Å²) in [4.78, 5) is 0. The fraction of sp³-hybridized carbons (Fsp3) is 0.250. The molecule has 0 unspecified atom stereocenters.